The number of nitrogens with zero attached hydrogens (tertiary/aromatic N) is 2. The predicted molar refractivity (Wildman–Crippen MR) is 106 cm³/mol. The van der Waals surface area contributed by atoms with Crippen LogP contribution in [-0.2, 0) is 13.1 Å². The molecule has 2 aromatic rings. The van der Waals surface area contributed by atoms with Gasteiger partial charge in [0.1, 0.15) is 10.8 Å². The first-order valence-electron chi connectivity index (χ1n) is 9.01. The minimum atomic E-state index is -4.34. The molecule has 2 N–H and O–H groups in total. The number of benzene rings is 1. The van der Waals surface area contributed by atoms with Crippen molar-refractivity contribution in [3.8, 4) is 5.75 Å². The number of alkyl halides is 3. The van der Waals surface area contributed by atoms with E-state index in [1.165, 1.54) is 12.1 Å². The van der Waals surface area contributed by atoms with E-state index < -0.39 is 12.8 Å². The number of guanidine groups is 1. The van der Waals surface area contributed by atoms with Crippen LogP contribution in [0.4, 0.5) is 13.2 Å². The average Bonchev–Trinajstić information content (AvgIpc) is 3.12. The van der Waals surface area contributed by atoms with E-state index in [9.17, 15) is 13.2 Å². The molecule has 0 aliphatic rings. The first kappa shape index (κ1) is 22.0. The summed E-state index contributed by atoms with van der Waals surface area (Å²) in [5, 5.41) is 9.46. The molecule has 0 aliphatic heterocycles. The summed E-state index contributed by atoms with van der Waals surface area (Å²) >= 11 is 1.61. The van der Waals surface area contributed by atoms with E-state index in [2.05, 4.69) is 39.8 Å². The Bertz CT molecular complexity index is 757. The number of halogens is 3. The molecule has 1 heterocycles. The third-order valence-electron chi connectivity index (χ3n) is 3.66. The molecule has 9 heteroatoms. The molecule has 0 spiro atoms. The Morgan fingerprint density at radius 3 is 2.50 bits per heavy atom. The molecule has 5 nitrogen and oxygen atoms in total. The number of nitrogens with one attached hydrogen (secondary N) is 2. The highest BCUT2D eigenvalue weighted by Crippen LogP contribution is 2.19. The van der Waals surface area contributed by atoms with Crippen molar-refractivity contribution in [2.75, 3.05) is 13.2 Å². The van der Waals surface area contributed by atoms with Crippen LogP contribution in [0.15, 0.2) is 34.6 Å². The quantitative estimate of drug-likeness (QED) is 0.495. The van der Waals surface area contributed by atoms with Crippen LogP contribution in [0.1, 0.15) is 43.0 Å². The first-order chi connectivity index (χ1) is 13.3. The van der Waals surface area contributed by atoms with Crippen molar-refractivity contribution < 1.29 is 17.9 Å². The Balaban J connectivity index is 1.90. The molecule has 0 aliphatic carbocycles. The Kier molecular flexibility index (Phi) is 8.10. The highest BCUT2D eigenvalue weighted by atomic mass is 32.1. The van der Waals surface area contributed by atoms with E-state index >= 15 is 0 Å². The molecule has 0 unspecified atom stereocenters. The van der Waals surface area contributed by atoms with Crippen molar-refractivity contribution in [2.24, 2.45) is 4.99 Å². The monoisotopic (exact) mass is 414 g/mol. The van der Waals surface area contributed by atoms with Gasteiger partial charge in [-0.25, -0.2) is 9.98 Å². The van der Waals surface area contributed by atoms with E-state index in [-0.39, 0.29) is 5.75 Å². The van der Waals surface area contributed by atoms with Crippen molar-refractivity contribution in [1.82, 2.24) is 15.6 Å². The fourth-order valence-corrected chi connectivity index (χ4v) is 3.09. The maximum absolute atomic E-state index is 12.2. The summed E-state index contributed by atoms with van der Waals surface area (Å²) in [7, 11) is 0. The van der Waals surface area contributed by atoms with E-state index in [1.807, 2.05) is 6.92 Å². The van der Waals surface area contributed by atoms with Gasteiger partial charge in [-0.15, -0.1) is 11.3 Å². The van der Waals surface area contributed by atoms with Crippen molar-refractivity contribution in [1.29, 1.82) is 0 Å². The van der Waals surface area contributed by atoms with Gasteiger partial charge >= 0.3 is 6.18 Å². The average molecular weight is 414 g/mol. The van der Waals surface area contributed by atoms with Crippen molar-refractivity contribution in [3.05, 3.63) is 45.9 Å². The molecule has 0 fully saturated rings. The second-order valence-corrected chi connectivity index (χ2v) is 7.36. The molecule has 0 saturated carbocycles. The number of hydrogen-bond acceptors (Lipinski definition) is 4. The first-order valence-corrected chi connectivity index (χ1v) is 9.89. The van der Waals surface area contributed by atoms with Gasteiger partial charge in [0.05, 0.1) is 18.8 Å². The summed E-state index contributed by atoms with van der Waals surface area (Å²) in [5.74, 6) is 1.23. The molecule has 0 amide bonds. The van der Waals surface area contributed by atoms with Gasteiger partial charge in [0.15, 0.2) is 12.6 Å². The zero-order valence-corrected chi connectivity index (χ0v) is 17.0. The molecular formula is C19H25F3N4OS. The lowest BCUT2D eigenvalue weighted by Crippen LogP contribution is -2.36. The molecule has 0 atom stereocenters. The molecular weight excluding hydrogens is 389 g/mol. The lowest BCUT2D eigenvalue weighted by atomic mass is 10.2. The number of thiazole rings is 1. The van der Waals surface area contributed by atoms with E-state index in [0.29, 0.717) is 31.5 Å². The number of hydrogen-bond donors (Lipinski definition) is 2. The van der Waals surface area contributed by atoms with Crippen molar-refractivity contribution in [2.45, 2.75) is 46.0 Å². The van der Waals surface area contributed by atoms with Crippen LogP contribution in [0.3, 0.4) is 0 Å². The van der Waals surface area contributed by atoms with Crippen molar-refractivity contribution in [3.63, 3.8) is 0 Å². The van der Waals surface area contributed by atoms with Crippen LogP contribution >= 0.6 is 11.3 Å². The van der Waals surface area contributed by atoms with Crippen LogP contribution < -0.4 is 15.4 Å². The summed E-state index contributed by atoms with van der Waals surface area (Å²) in [6.45, 7) is 6.58. The third-order valence-corrected chi connectivity index (χ3v) is 4.52. The summed E-state index contributed by atoms with van der Waals surface area (Å²) in [6.07, 6.45) is -4.34. The van der Waals surface area contributed by atoms with E-state index in [0.717, 1.165) is 16.3 Å². The minimum absolute atomic E-state index is 0.180. The lowest BCUT2D eigenvalue weighted by molar-refractivity contribution is -0.153. The minimum Gasteiger partial charge on any atom is -0.484 e. The molecule has 154 valence electrons. The molecule has 2 rings (SSSR count). The van der Waals surface area contributed by atoms with Gasteiger partial charge in [-0.3, -0.25) is 0 Å². The Morgan fingerprint density at radius 1 is 1.21 bits per heavy atom. The van der Waals surface area contributed by atoms with Crippen LogP contribution in [0.25, 0.3) is 0 Å². The molecule has 0 radical (unpaired) electrons. The van der Waals surface area contributed by atoms with Gasteiger partial charge < -0.3 is 15.4 Å². The zero-order chi connectivity index (χ0) is 20.6. The second-order valence-electron chi connectivity index (χ2n) is 6.42. The molecule has 0 bridgehead atoms. The van der Waals surface area contributed by atoms with Crippen molar-refractivity contribution >= 4 is 17.3 Å². The molecule has 0 saturated heterocycles. The fraction of sp³-hybridized carbons (Fsp3) is 0.474. The Hall–Kier alpha value is -2.29. The fourth-order valence-electron chi connectivity index (χ4n) is 2.20. The maximum atomic E-state index is 12.2. The zero-order valence-electron chi connectivity index (χ0n) is 16.1. The number of rotatable bonds is 8. The summed E-state index contributed by atoms with van der Waals surface area (Å²) in [5.41, 5.74) is 1.95. The topological polar surface area (TPSA) is 58.5 Å². The largest absolute Gasteiger partial charge is 0.484 e. The Morgan fingerprint density at radius 2 is 1.93 bits per heavy atom. The summed E-state index contributed by atoms with van der Waals surface area (Å²) in [6, 6.07) is 6.43. The molecule has 1 aromatic carbocycles. The van der Waals surface area contributed by atoms with Gasteiger partial charge in [-0.1, -0.05) is 26.0 Å². The van der Waals surface area contributed by atoms with Gasteiger partial charge in [-0.05, 0) is 30.5 Å². The Labute approximate surface area is 167 Å². The predicted octanol–water partition coefficient (Wildman–Crippen LogP) is 4.46. The highest BCUT2D eigenvalue weighted by molar-refractivity contribution is 7.09. The van der Waals surface area contributed by atoms with Crippen LogP contribution in [0, 0.1) is 0 Å². The molecule has 1 aromatic heterocycles. The highest BCUT2D eigenvalue weighted by Gasteiger charge is 2.28. The number of aromatic nitrogens is 1. The molecule has 28 heavy (non-hydrogen) atoms. The summed E-state index contributed by atoms with van der Waals surface area (Å²) in [4.78, 5) is 9.09. The maximum Gasteiger partial charge on any atom is 0.422 e. The standard InChI is InChI=1S/C19H25F3N4OS/c1-4-23-18(25-10-17-26-16(11-28-17)13(2)3)24-9-14-5-7-15(8-6-14)27-12-19(20,21)22/h5-8,11,13H,4,9-10,12H2,1-3H3,(H2,23,24,25). The van der Waals surface area contributed by atoms with Crippen LogP contribution in [0.5, 0.6) is 5.75 Å². The SMILES string of the molecule is CCNC(=NCc1ccc(OCC(F)(F)F)cc1)NCc1nc(C(C)C)cs1. The van der Waals surface area contributed by atoms with Gasteiger partial charge in [0, 0.05) is 11.9 Å². The van der Waals surface area contributed by atoms with E-state index in [4.69, 9.17) is 4.74 Å². The lowest BCUT2D eigenvalue weighted by Gasteiger charge is -2.11. The van der Waals surface area contributed by atoms with Gasteiger partial charge in [-0.2, -0.15) is 13.2 Å². The third kappa shape index (κ3) is 7.75. The number of ether oxygens (including phenoxy) is 1. The van der Waals surface area contributed by atoms with Crippen LogP contribution in [-0.4, -0.2) is 30.3 Å². The normalized spacial score (nSPS) is 12.3. The van der Waals surface area contributed by atoms with Gasteiger partial charge in [0.25, 0.3) is 0 Å². The smallest absolute Gasteiger partial charge is 0.422 e. The van der Waals surface area contributed by atoms with Gasteiger partial charge in [0.2, 0.25) is 0 Å². The number of aliphatic imine (C=N–C) groups is 1. The van der Waals surface area contributed by atoms with E-state index in [1.54, 1.807) is 23.5 Å². The van der Waals surface area contributed by atoms with Crippen LogP contribution in [0.2, 0.25) is 0 Å². The summed E-state index contributed by atoms with van der Waals surface area (Å²) < 4.78 is 41.2. The second kappa shape index (κ2) is 10.3.